The van der Waals surface area contributed by atoms with Crippen molar-refractivity contribution in [1.29, 1.82) is 0 Å². The maximum Gasteiger partial charge on any atom is 0.322 e. The van der Waals surface area contributed by atoms with Crippen molar-refractivity contribution in [2.45, 2.75) is 6.92 Å². The maximum atomic E-state index is 10.5. The lowest BCUT2D eigenvalue weighted by atomic mass is 10.4. The molecule has 0 aromatic carbocycles. The van der Waals surface area contributed by atoms with Crippen molar-refractivity contribution >= 4 is 17.6 Å². The van der Waals surface area contributed by atoms with Crippen LogP contribution in [0.5, 0.6) is 0 Å². The summed E-state index contributed by atoms with van der Waals surface area (Å²) in [6.07, 6.45) is 0. The summed E-state index contributed by atoms with van der Waals surface area (Å²) >= 11 is 0. The normalized spacial score (nSPS) is 11.3. The van der Waals surface area contributed by atoms with Crippen LogP contribution >= 0.6 is 0 Å². The van der Waals surface area contributed by atoms with Gasteiger partial charge >= 0.3 is 5.84 Å². The van der Waals surface area contributed by atoms with Gasteiger partial charge in [-0.05, 0) is 10.3 Å². The predicted octanol–water partition coefficient (Wildman–Crippen LogP) is -3.51. The lowest BCUT2D eigenvalue weighted by Crippen LogP contribution is -2.86. The second-order valence-electron chi connectivity index (χ2n) is 2.22. The van der Waals surface area contributed by atoms with Crippen LogP contribution < -0.4 is 22.0 Å². The third kappa shape index (κ3) is 2.15. The number of amidine groups is 1. The minimum Gasteiger partial charge on any atom is -0.379 e. The monoisotopic (exact) mass is 185 g/mol. The van der Waals surface area contributed by atoms with Crippen molar-refractivity contribution in [1.82, 2.24) is 15.7 Å². The topological polar surface area (TPSA) is 134 Å². The first-order valence-corrected chi connectivity index (χ1v) is 3.34. The fourth-order valence-corrected chi connectivity index (χ4v) is 0.597. The molecule has 1 rings (SSSR count). The summed E-state index contributed by atoms with van der Waals surface area (Å²) < 4.78 is 4.29. The highest BCUT2D eigenvalue weighted by Gasteiger charge is 2.15. The summed E-state index contributed by atoms with van der Waals surface area (Å²) in [5.74, 6) is -0.178. The standard InChI is InChI=1S/C5H8N6O2/c1-2(12)8-9-4(6)3-5(7)11-13-10-3/h1H3,(H2,6,9)(H2,7,11)(H,8,12)/p+1. The molecule has 13 heavy (non-hydrogen) atoms. The molecule has 70 valence electrons. The number of hydrogen-bond acceptors (Lipinski definition) is 5. The van der Waals surface area contributed by atoms with Gasteiger partial charge < -0.3 is 5.73 Å². The highest BCUT2D eigenvalue weighted by molar-refractivity contribution is 5.94. The van der Waals surface area contributed by atoms with Gasteiger partial charge in [-0.2, -0.15) is 10.5 Å². The first kappa shape index (κ1) is 8.97. The lowest BCUT2D eigenvalue weighted by molar-refractivity contribution is -0.511. The predicted molar refractivity (Wildman–Crippen MR) is 41.8 cm³/mol. The molecule has 0 spiro atoms. The van der Waals surface area contributed by atoms with E-state index in [1.165, 1.54) is 6.92 Å². The van der Waals surface area contributed by atoms with Gasteiger partial charge in [0.25, 0.3) is 5.91 Å². The van der Waals surface area contributed by atoms with Crippen molar-refractivity contribution in [2.24, 2.45) is 5.73 Å². The van der Waals surface area contributed by atoms with E-state index in [0.717, 1.165) is 0 Å². The number of carbonyl (C=O) groups is 1. The summed E-state index contributed by atoms with van der Waals surface area (Å²) in [5, 5.41) is 9.09. The van der Waals surface area contributed by atoms with Gasteiger partial charge in [-0.1, -0.05) is 0 Å². The van der Waals surface area contributed by atoms with Crippen LogP contribution in [0.25, 0.3) is 0 Å². The van der Waals surface area contributed by atoms with Crippen LogP contribution in [-0.4, -0.2) is 22.1 Å². The molecule has 0 unspecified atom stereocenters. The van der Waals surface area contributed by atoms with Crippen LogP contribution in [0.3, 0.4) is 0 Å². The van der Waals surface area contributed by atoms with Crippen LogP contribution in [0.4, 0.5) is 5.82 Å². The number of hydrazone groups is 1. The minimum atomic E-state index is -0.294. The molecule has 8 nitrogen and oxygen atoms in total. The summed E-state index contributed by atoms with van der Waals surface area (Å²) in [4.78, 5) is 10.5. The SMILES string of the molecule is CC(=O)N[NH+]=C(N)c1nonc1N. The number of rotatable bonds is 2. The molecule has 0 aliphatic rings. The van der Waals surface area contributed by atoms with E-state index in [-0.39, 0.29) is 23.3 Å². The summed E-state index contributed by atoms with van der Waals surface area (Å²) in [7, 11) is 0. The maximum absolute atomic E-state index is 10.5. The number of anilines is 1. The average molecular weight is 185 g/mol. The second-order valence-corrected chi connectivity index (χ2v) is 2.22. The summed E-state index contributed by atoms with van der Waals surface area (Å²) in [5.41, 5.74) is 13.2. The lowest BCUT2D eigenvalue weighted by Gasteiger charge is -1.90. The number of nitrogen functional groups attached to an aromatic ring is 2. The molecule has 1 aromatic rings. The highest BCUT2D eigenvalue weighted by Crippen LogP contribution is 1.99. The van der Waals surface area contributed by atoms with Gasteiger partial charge in [0.1, 0.15) is 0 Å². The number of aromatic nitrogens is 2. The minimum absolute atomic E-state index is 0.0513. The van der Waals surface area contributed by atoms with E-state index in [1.54, 1.807) is 0 Å². The highest BCUT2D eigenvalue weighted by atomic mass is 16.6. The van der Waals surface area contributed by atoms with Gasteiger partial charge in [0.15, 0.2) is 0 Å². The van der Waals surface area contributed by atoms with Crippen molar-refractivity contribution in [3.63, 3.8) is 0 Å². The molecular formula is C5H9N6O2+. The van der Waals surface area contributed by atoms with Crippen molar-refractivity contribution < 1.29 is 14.5 Å². The third-order valence-electron chi connectivity index (χ3n) is 1.14. The first-order chi connectivity index (χ1) is 6.11. The number of nitrogens with two attached hydrogens (primary N) is 2. The van der Waals surface area contributed by atoms with E-state index >= 15 is 0 Å². The first-order valence-electron chi connectivity index (χ1n) is 3.34. The van der Waals surface area contributed by atoms with E-state index in [9.17, 15) is 4.79 Å². The van der Waals surface area contributed by atoms with Gasteiger partial charge in [0.2, 0.25) is 11.5 Å². The molecular weight excluding hydrogens is 176 g/mol. The second kappa shape index (κ2) is 3.52. The Labute approximate surface area is 72.9 Å². The zero-order valence-corrected chi connectivity index (χ0v) is 6.87. The number of nitrogens with zero attached hydrogens (tertiary/aromatic N) is 2. The van der Waals surface area contributed by atoms with Gasteiger partial charge in [0.05, 0.1) is 0 Å². The average Bonchev–Trinajstić information content (AvgIpc) is 2.47. The Kier molecular flexibility index (Phi) is 2.43. The Balaban J connectivity index is 2.78. The van der Waals surface area contributed by atoms with E-state index in [1.807, 2.05) is 0 Å². The van der Waals surface area contributed by atoms with Gasteiger partial charge in [-0.15, -0.1) is 0 Å². The Bertz CT molecular complexity index is 343. The molecule has 0 saturated heterocycles. The Morgan fingerprint density at radius 2 is 2.31 bits per heavy atom. The number of carbonyl (C=O) groups excluding carboxylic acids is 1. The summed E-state index contributed by atoms with van der Waals surface area (Å²) in [6.45, 7) is 1.32. The van der Waals surface area contributed by atoms with E-state index in [4.69, 9.17) is 11.5 Å². The van der Waals surface area contributed by atoms with Gasteiger partial charge in [-0.25, -0.2) is 4.63 Å². The van der Waals surface area contributed by atoms with Crippen molar-refractivity contribution in [3.05, 3.63) is 5.69 Å². The zero-order valence-electron chi connectivity index (χ0n) is 6.87. The summed E-state index contributed by atoms with van der Waals surface area (Å²) in [6, 6.07) is 0. The van der Waals surface area contributed by atoms with E-state index in [2.05, 4.69) is 25.5 Å². The zero-order chi connectivity index (χ0) is 9.84. The molecule has 0 saturated carbocycles. The van der Waals surface area contributed by atoms with Crippen LogP contribution in [0, 0.1) is 0 Å². The molecule has 0 aliphatic heterocycles. The van der Waals surface area contributed by atoms with Crippen molar-refractivity contribution in [2.75, 3.05) is 5.73 Å². The number of hydrazine groups is 1. The van der Waals surface area contributed by atoms with Gasteiger partial charge in [0, 0.05) is 6.92 Å². The smallest absolute Gasteiger partial charge is 0.322 e. The Hall–Kier alpha value is -2.12. The van der Waals surface area contributed by atoms with Crippen molar-refractivity contribution in [3.8, 4) is 0 Å². The Morgan fingerprint density at radius 3 is 2.77 bits per heavy atom. The van der Waals surface area contributed by atoms with Crippen LogP contribution in [0.1, 0.15) is 12.6 Å². The largest absolute Gasteiger partial charge is 0.379 e. The molecule has 0 fully saturated rings. The molecule has 0 atom stereocenters. The molecule has 1 heterocycles. The van der Waals surface area contributed by atoms with Crippen LogP contribution in [-0.2, 0) is 4.79 Å². The fourth-order valence-electron chi connectivity index (χ4n) is 0.597. The molecule has 8 heteroatoms. The fraction of sp³-hybridized carbons (Fsp3) is 0.200. The molecule has 0 bridgehead atoms. The molecule has 0 radical (unpaired) electrons. The molecule has 1 amide bonds. The Morgan fingerprint density at radius 1 is 1.62 bits per heavy atom. The number of amides is 1. The molecule has 1 aromatic heterocycles. The number of hydrogen-bond donors (Lipinski definition) is 4. The number of nitrogens with one attached hydrogen (secondary N) is 2. The third-order valence-corrected chi connectivity index (χ3v) is 1.14. The quantitative estimate of drug-likeness (QED) is 0.214. The van der Waals surface area contributed by atoms with Gasteiger partial charge in [-0.3, -0.25) is 10.5 Å². The molecule has 6 N–H and O–H groups in total. The van der Waals surface area contributed by atoms with Crippen LogP contribution in [0.15, 0.2) is 4.63 Å². The van der Waals surface area contributed by atoms with Crippen LogP contribution in [0.2, 0.25) is 0 Å². The van der Waals surface area contributed by atoms with E-state index in [0.29, 0.717) is 0 Å². The van der Waals surface area contributed by atoms with E-state index < -0.39 is 0 Å². The molecule has 0 aliphatic carbocycles.